The number of fused-ring (bicyclic) bond motifs is 1. The van der Waals surface area contributed by atoms with Gasteiger partial charge in [-0.05, 0) is 38.3 Å². The van der Waals surface area contributed by atoms with Crippen LogP contribution in [-0.2, 0) is 19.1 Å². The van der Waals surface area contributed by atoms with Crippen LogP contribution in [0.3, 0.4) is 0 Å². The van der Waals surface area contributed by atoms with E-state index in [0.29, 0.717) is 0 Å². The summed E-state index contributed by atoms with van der Waals surface area (Å²) >= 11 is 0. The molecular weight excluding hydrogens is 344 g/mol. The Labute approximate surface area is 147 Å². The smallest absolute Gasteiger partial charge is 0.360 e. The van der Waals surface area contributed by atoms with Crippen molar-refractivity contribution >= 4 is 28.6 Å². The van der Waals surface area contributed by atoms with Crippen LogP contribution in [-0.4, -0.2) is 30.1 Å². The zero-order chi connectivity index (χ0) is 19.1. The van der Waals surface area contributed by atoms with Gasteiger partial charge in [-0.3, -0.25) is 14.4 Å². The maximum atomic E-state index is 11.9. The first-order valence-electron chi connectivity index (χ1n) is 7.90. The molecule has 2 heterocycles. The van der Waals surface area contributed by atoms with Gasteiger partial charge < -0.3 is 24.2 Å². The fourth-order valence-electron chi connectivity index (χ4n) is 2.11. The molecule has 9 nitrogen and oxygen atoms in total. The molecule has 0 aliphatic heterocycles. The molecule has 0 amide bonds. The third kappa shape index (κ3) is 4.38. The molecule has 2 aromatic heterocycles. The van der Waals surface area contributed by atoms with E-state index in [9.17, 15) is 19.2 Å². The summed E-state index contributed by atoms with van der Waals surface area (Å²) in [5.74, 6) is -2.82. The van der Waals surface area contributed by atoms with Gasteiger partial charge in [0.1, 0.15) is 11.3 Å². The van der Waals surface area contributed by atoms with Gasteiger partial charge in [-0.2, -0.15) is 0 Å². The van der Waals surface area contributed by atoms with E-state index in [1.54, 1.807) is 13.8 Å². The van der Waals surface area contributed by atoms with E-state index < -0.39 is 29.0 Å². The quantitative estimate of drug-likeness (QED) is 0.554. The lowest BCUT2D eigenvalue weighted by Crippen LogP contribution is -2.26. The zero-order valence-corrected chi connectivity index (χ0v) is 14.2. The predicted molar refractivity (Wildman–Crippen MR) is 92.6 cm³/mol. The number of nitrogens with one attached hydrogen (secondary N) is 2. The van der Waals surface area contributed by atoms with Gasteiger partial charge in [0.05, 0.1) is 18.6 Å². The van der Waals surface area contributed by atoms with Crippen LogP contribution in [0.1, 0.15) is 13.8 Å². The average Bonchev–Trinajstić information content (AvgIpc) is 2.60. The number of H-pyrrole nitrogens is 1. The van der Waals surface area contributed by atoms with Gasteiger partial charge in [-0.1, -0.05) is 0 Å². The molecule has 2 N–H and O–H groups in total. The number of esters is 2. The van der Waals surface area contributed by atoms with Crippen molar-refractivity contribution in [3.63, 3.8) is 0 Å². The monoisotopic (exact) mass is 362 g/mol. The summed E-state index contributed by atoms with van der Waals surface area (Å²) in [5, 5.41) is 2.78. The van der Waals surface area contributed by atoms with Crippen molar-refractivity contribution in [3.8, 4) is 0 Å². The summed E-state index contributed by atoms with van der Waals surface area (Å²) in [7, 11) is 0. The number of rotatable bonds is 7. The van der Waals surface area contributed by atoms with Crippen LogP contribution in [0.5, 0.6) is 0 Å². The lowest BCUT2D eigenvalue weighted by atomic mass is 10.1. The number of aromatic nitrogens is 1. The maximum absolute atomic E-state index is 11.9. The molecule has 0 radical (unpaired) electrons. The highest BCUT2D eigenvalue weighted by atomic mass is 16.6. The standard InChI is InChI=1S/C17H18N2O7/c1-3-24-15(21)10(16(22)25-4-2)5-7-18-12-9-11-13(26-17(12)23)6-8-19-14(11)20/h5-10,18H,3-4H2,1-2H3,(H,19,20)/b7-5+. The second-order valence-corrected chi connectivity index (χ2v) is 5.02. The van der Waals surface area contributed by atoms with Crippen molar-refractivity contribution in [2.24, 2.45) is 5.92 Å². The Morgan fingerprint density at radius 2 is 1.88 bits per heavy atom. The normalized spacial score (nSPS) is 11.0. The van der Waals surface area contributed by atoms with Crippen LogP contribution >= 0.6 is 0 Å². The molecule has 0 saturated carbocycles. The molecule has 0 bridgehead atoms. The van der Waals surface area contributed by atoms with Gasteiger partial charge >= 0.3 is 17.6 Å². The number of pyridine rings is 1. The van der Waals surface area contributed by atoms with Gasteiger partial charge in [-0.25, -0.2) is 4.79 Å². The number of aromatic amines is 1. The molecule has 0 aromatic carbocycles. The van der Waals surface area contributed by atoms with Crippen LogP contribution in [0.15, 0.2) is 44.6 Å². The van der Waals surface area contributed by atoms with Crippen molar-refractivity contribution in [2.75, 3.05) is 18.5 Å². The summed E-state index contributed by atoms with van der Waals surface area (Å²) in [6.07, 6.45) is 3.78. The van der Waals surface area contributed by atoms with Crippen LogP contribution in [0, 0.1) is 5.92 Å². The SMILES string of the molecule is CCOC(=O)C(/C=C/Nc1cc2c(=O)[nH]ccc2oc1=O)C(=O)OCC. The minimum atomic E-state index is -1.28. The third-order valence-corrected chi connectivity index (χ3v) is 3.28. The molecule has 0 aliphatic rings. The van der Waals surface area contributed by atoms with Gasteiger partial charge in [0.2, 0.25) is 0 Å². The van der Waals surface area contributed by atoms with Crippen molar-refractivity contribution in [2.45, 2.75) is 13.8 Å². The Balaban J connectivity index is 2.25. The van der Waals surface area contributed by atoms with E-state index in [2.05, 4.69) is 10.3 Å². The first-order chi connectivity index (χ1) is 12.5. The minimum Gasteiger partial charge on any atom is -0.465 e. The molecule has 0 atom stereocenters. The Morgan fingerprint density at radius 1 is 1.23 bits per heavy atom. The Morgan fingerprint density at radius 3 is 2.50 bits per heavy atom. The third-order valence-electron chi connectivity index (χ3n) is 3.28. The maximum Gasteiger partial charge on any atom is 0.360 e. The molecule has 0 aliphatic carbocycles. The molecule has 26 heavy (non-hydrogen) atoms. The second-order valence-electron chi connectivity index (χ2n) is 5.02. The summed E-state index contributed by atoms with van der Waals surface area (Å²) in [4.78, 5) is 49.9. The molecule has 0 spiro atoms. The number of hydrogen-bond donors (Lipinski definition) is 2. The summed E-state index contributed by atoms with van der Waals surface area (Å²) in [6, 6.07) is 2.77. The van der Waals surface area contributed by atoms with Gasteiger partial charge in [0.25, 0.3) is 5.56 Å². The summed E-state index contributed by atoms with van der Waals surface area (Å²) in [5.41, 5.74) is -1.02. The Bertz CT molecular complexity index is 924. The molecule has 2 aromatic rings. The predicted octanol–water partition coefficient (Wildman–Crippen LogP) is 1.15. The second kappa shape index (κ2) is 8.65. The molecule has 138 valence electrons. The van der Waals surface area contributed by atoms with E-state index >= 15 is 0 Å². The van der Waals surface area contributed by atoms with Crippen molar-refractivity contribution in [1.82, 2.24) is 4.98 Å². The zero-order valence-electron chi connectivity index (χ0n) is 14.2. The Kier molecular flexibility index (Phi) is 6.31. The first kappa shape index (κ1) is 19.0. The fourth-order valence-corrected chi connectivity index (χ4v) is 2.11. The highest BCUT2D eigenvalue weighted by Gasteiger charge is 2.26. The topological polar surface area (TPSA) is 128 Å². The van der Waals surface area contributed by atoms with E-state index in [4.69, 9.17) is 13.9 Å². The molecule has 2 rings (SSSR count). The van der Waals surface area contributed by atoms with Crippen LogP contribution in [0.2, 0.25) is 0 Å². The van der Waals surface area contributed by atoms with Gasteiger partial charge in [-0.15, -0.1) is 0 Å². The first-order valence-corrected chi connectivity index (χ1v) is 7.90. The number of hydrogen-bond acceptors (Lipinski definition) is 8. The van der Waals surface area contributed by atoms with Crippen LogP contribution in [0.4, 0.5) is 5.69 Å². The van der Waals surface area contributed by atoms with Crippen molar-refractivity contribution < 1.29 is 23.5 Å². The largest absolute Gasteiger partial charge is 0.465 e. The van der Waals surface area contributed by atoms with E-state index in [1.807, 2.05) is 0 Å². The fraction of sp³-hybridized carbons (Fsp3) is 0.294. The number of anilines is 1. The lowest BCUT2D eigenvalue weighted by molar-refractivity contribution is -0.158. The molecule has 9 heteroatoms. The molecule has 0 unspecified atom stereocenters. The number of carbonyl (C=O) groups is 2. The van der Waals surface area contributed by atoms with E-state index in [-0.39, 0.29) is 29.9 Å². The van der Waals surface area contributed by atoms with Gasteiger partial charge in [0, 0.05) is 6.20 Å². The van der Waals surface area contributed by atoms with Crippen LogP contribution < -0.4 is 16.5 Å². The molecular formula is C17H18N2O7. The Hall–Kier alpha value is -3.36. The lowest BCUT2D eigenvalue weighted by Gasteiger charge is -2.10. The molecule has 0 saturated heterocycles. The number of carbonyl (C=O) groups excluding carboxylic acids is 2. The van der Waals surface area contributed by atoms with Gasteiger partial charge in [0.15, 0.2) is 5.92 Å². The van der Waals surface area contributed by atoms with Crippen molar-refractivity contribution in [3.05, 3.63) is 51.4 Å². The summed E-state index contributed by atoms with van der Waals surface area (Å²) in [6.45, 7) is 3.43. The number of ether oxygens (including phenoxy) is 2. The molecule has 0 fully saturated rings. The van der Waals surface area contributed by atoms with E-state index in [0.717, 1.165) is 0 Å². The highest BCUT2D eigenvalue weighted by molar-refractivity contribution is 5.97. The van der Waals surface area contributed by atoms with E-state index in [1.165, 1.54) is 30.6 Å². The average molecular weight is 362 g/mol. The van der Waals surface area contributed by atoms with Crippen LogP contribution in [0.25, 0.3) is 11.0 Å². The highest BCUT2D eigenvalue weighted by Crippen LogP contribution is 2.12. The minimum absolute atomic E-state index is 0.0306. The van der Waals surface area contributed by atoms with Crippen molar-refractivity contribution in [1.29, 1.82) is 0 Å². The summed E-state index contributed by atoms with van der Waals surface area (Å²) < 4.78 is 14.7.